The number of carbonyl (C=O) groups excluding carboxylic acids is 1. The van der Waals surface area contributed by atoms with Crippen LogP contribution < -0.4 is 4.90 Å². The van der Waals surface area contributed by atoms with E-state index < -0.39 is 18.9 Å². The fraction of sp³-hybridized carbons (Fsp3) is 0.231. The maximum absolute atomic E-state index is 12.7. The number of thiazole rings is 1. The molecule has 0 radical (unpaired) electrons. The van der Waals surface area contributed by atoms with E-state index in [1.807, 2.05) is 0 Å². The molecular formula is C13H11ClF2N2OS. The van der Waals surface area contributed by atoms with Crippen LogP contribution in [-0.2, 0) is 0 Å². The molecule has 2 aromatic rings. The normalized spacial score (nSPS) is 10.8. The van der Waals surface area contributed by atoms with Crippen molar-refractivity contribution in [3.8, 4) is 0 Å². The molecule has 0 saturated carbocycles. The minimum atomic E-state index is -2.63. The fourth-order valence-electron chi connectivity index (χ4n) is 1.72. The Hall–Kier alpha value is -1.53. The third-order valence-electron chi connectivity index (χ3n) is 2.63. The van der Waals surface area contributed by atoms with Crippen LogP contribution in [0.4, 0.5) is 14.5 Å². The van der Waals surface area contributed by atoms with Crippen molar-refractivity contribution < 1.29 is 13.6 Å². The lowest BCUT2D eigenvalue weighted by Gasteiger charge is -2.22. The Bertz CT molecular complexity index is 618. The van der Waals surface area contributed by atoms with E-state index in [9.17, 15) is 13.6 Å². The van der Waals surface area contributed by atoms with Crippen LogP contribution in [0.1, 0.15) is 15.4 Å². The number of hydrogen-bond donors (Lipinski definition) is 0. The van der Waals surface area contributed by atoms with Crippen molar-refractivity contribution in [2.24, 2.45) is 0 Å². The van der Waals surface area contributed by atoms with Gasteiger partial charge >= 0.3 is 0 Å². The Morgan fingerprint density at radius 1 is 1.50 bits per heavy atom. The van der Waals surface area contributed by atoms with Crippen molar-refractivity contribution >= 4 is 34.5 Å². The van der Waals surface area contributed by atoms with Crippen molar-refractivity contribution in [2.45, 2.75) is 13.3 Å². The molecule has 0 atom stereocenters. The van der Waals surface area contributed by atoms with Crippen LogP contribution in [0, 0.1) is 6.92 Å². The predicted octanol–water partition coefficient (Wildman–Crippen LogP) is 4.02. The van der Waals surface area contributed by atoms with Gasteiger partial charge in [0.1, 0.15) is 4.88 Å². The van der Waals surface area contributed by atoms with Gasteiger partial charge in [0.2, 0.25) is 0 Å². The molecule has 1 heterocycles. The van der Waals surface area contributed by atoms with Crippen LogP contribution in [-0.4, -0.2) is 23.9 Å². The van der Waals surface area contributed by atoms with Crippen molar-refractivity contribution in [1.82, 2.24) is 4.98 Å². The zero-order valence-corrected chi connectivity index (χ0v) is 12.1. The minimum Gasteiger partial charge on any atom is -0.302 e. The van der Waals surface area contributed by atoms with Gasteiger partial charge < -0.3 is 4.90 Å². The molecule has 0 N–H and O–H groups in total. The predicted molar refractivity (Wildman–Crippen MR) is 76.0 cm³/mol. The van der Waals surface area contributed by atoms with Crippen LogP contribution in [0.2, 0.25) is 5.02 Å². The number of halogens is 3. The molecule has 1 aromatic heterocycles. The summed E-state index contributed by atoms with van der Waals surface area (Å²) in [6.45, 7) is 0.985. The fourth-order valence-corrected chi connectivity index (χ4v) is 2.65. The third-order valence-corrected chi connectivity index (χ3v) is 3.78. The van der Waals surface area contributed by atoms with E-state index in [0.717, 1.165) is 16.2 Å². The summed E-state index contributed by atoms with van der Waals surface area (Å²) in [6, 6.07) is 6.29. The lowest BCUT2D eigenvalue weighted by Crippen LogP contribution is -2.35. The van der Waals surface area contributed by atoms with E-state index >= 15 is 0 Å². The number of anilines is 1. The number of aryl methyl sites for hydroxylation is 1. The average molecular weight is 317 g/mol. The number of amides is 1. The Balaban J connectivity index is 2.38. The van der Waals surface area contributed by atoms with Gasteiger partial charge in [0.15, 0.2) is 0 Å². The molecule has 0 bridgehead atoms. The molecule has 20 heavy (non-hydrogen) atoms. The van der Waals surface area contributed by atoms with E-state index in [1.165, 1.54) is 11.6 Å². The summed E-state index contributed by atoms with van der Waals surface area (Å²) in [4.78, 5) is 17.7. The summed E-state index contributed by atoms with van der Waals surface area (Å²) >= 11 is 6.98. The molecule has 106 valence electrons. The van der Waals surface area contributed by atoms with Crippen LogP contribution >= 0.6 is 22.9 Å². The first-order chi connectivity index (χ1) is 9.49. The highest BCUT2D eigenvalue weighted by atomic mass is 35.5. The monoisotopic (exact) mass is 316 g/mol. The quantitative estimate of drug-likeness (QED) is 0.853. The maximum Gasteiger partial charge on any atom is 0.270 e. The molecule has 2 rings (SSSR count). The first kappa shape index (κ1) is 14.9. The Morgan fingerprint density at radius 2 is 2.25 bits per heavy atom. The number of alkyl halides is 2. The Kier molecular flexibility index (Phi) is 4.67. The van der Waals surface area contributed by atoms with E-state index in [0.29, 0.717) is 21.3 Å². The lowest BCUT2D eigenvalue weighted by molar-refractivity contribution is 0.0948. The molecule has 1 amide bonds. The summed E-state index contributed by atoms with van der Waals surface area (Å²) < 4.78 is 25.5. The first-order valence-electron chi connectivity index (χ1n) is 5.74. The summed E-state index contributed by atoms with van der Waals surface area (Å²) in [5.74, 6) is -0.493. The standard InChI is InChI=1S/C13H11ClF2N2OS/c1-8-12(20-7-17-8)13(19)18(6-11(15)16)10-4-2-3-9(14)5-10/h2-5,7,11H,6H2,1H3. The van der Waals surface area contributed by atoms with Gasteiger partial charge in [-0.2, -0.15) is 0 Å². The number of rotatable bonds is 4. The van der Waals surface area contributed by atoms with Gasteiger partial charge in [-0.05, 0) is 25.1 Å². The van der Waals surface area contributed by atoms with Crippen LogP contribution in [0.3, 0.4) is 0 Å². The van der Waals surface area contributed by atoms with Gasteiger partial charge in [-0.25, -0.2) is 13.8 Å². The van der Waals surface area contributed by atoms with Gasteiger partial charge in [0.05, 0.1) is 17.7 Å². The number of aromatic nitrogens is 1. The van der Waals surface area contributed by atoms with Gasteiger partial charge in [-0.15, -0.1) is 11.3 Å². The minimum absolute atomic E-state index is 0.343. The third kappa shape index (κ3) is 3.32. The molecule has 3 nitrogen and oxygen atoms in total. The second kappa shape index (κ2) is 6.28. The molecule has 0 spiro atoms. The van der Waals surface area contributed by atoms with Crippen molar-refractivity contribution in [3.05, 3.63) is 45.4 Å². The molecule has 0 saturated heterocycles. The second-order valence-corrected chi connectivity index (χ2v) is 5.34. The van der Waals surface area contributed by atoms with Crippen molar-refractivity contribution in [3.63, 3.8) is 0 Å². The highest BCUT2D eigenvalue weighted by Crippen LogP contribution is 2.24. The zero-order chi connectivity index (χ0) is 14.7. The number of nitrogens with zero attached hydrogens (tertiary/aromatic N) is 2. The van der Waals surface area contributed by atoms with Crippen LogP contribution in [0.5, 0.6) is 0 Å². The van der Waals surface area contributed by atoms with Gasteiger partial charge in [0, 0.05) is 10.7 Å². The molecule has 7 heteroatoms. The zero-order valence-electron chi connectivity index (χ0n) is 10.5. The van der Waals surface area contributed by atoms with E-state index in [-0.39, 0.29) is 0 Å². The summed E-state index contributed by atoms with van der Waals surface area (Å²) in [5.41, 5.74) is 2.39. The SMILES string of the molecule is Cc1ncsc1C(=O)N(CC(F)F)c1cccc(Cl)c1. The summed E-state index contributed by atoms with van der Waals surface area (Å²) in [5, 5.41) is 0.385. The molecule has 1 aromatic carbocycles. The van der Waals surface area contributed by atoms with Gasteiger partial charge in [-0.3, -0.25) is 4.79 Å². The summed E-state index contributed by atoms with van der Waals surface area (Å²) in [6.07, 6.45) is -2.63. The van der Waals surface area contributed by atoms with Gasteiger partial charge in [-0.1, -0.05) is 17.7 Å². The van der Waals surface area contributed by atoms with Crippen LogP contribution in [0.15, 0.2) is 29.8 Å². The lowest BCUT2D eigenvalue weighted by atomic mass is 10.2. The van der Waals surface area contributed by atoms with E-state index in [1.54, 1.807) is 25.1 Å². The average Bonchev–Trinajstić information content (AvgIpc) is 2.81. The number of carbonyl (C=O) groups is 1. The molecule has 0 unspecified atom stereocenters. The smallest absolute Gasteiger partial charge is 0.270 e. The molecule has 0 aliphatic rings. The molecule has 0 fully saturated rings. The van der Waals surface area contributed by atoms with Crippen molar-refractivity contribution in [2.75, 3.05) is 11.4 Å². The van der Waals surface area contributed by atoms with E-state index in [2.05, 4.69) is 4.98 Å². The Morgan fingerprint density at radius 3 is 2.80 bits per heavy atom. The molecule has 0 aliphatic heterocycles. The highest BCUT2D eigenvalue weighted by molar-refractivity contribution is 7.12. The van der Waals surface area contributed by atoms with Crippen molar-refractivity contribution in [1.29, 1.82) is 0 Å². The van der Waals surface area contributed by atoms with Crippen LogP contribution in [0.25, 0.3) is 0 Å². The number of benzene rings is 1. The largest absolute Gasteiger partial charge is 0.302 e. The second-order valence-electron chi connectivity index (χ2n) is 4.05. The van der Waals surface area contributed by atoms with Gasteiger partial charge in [0.25, 0.3) is 12.3 Å². The van der Waals surface area contributed by atoms with E-state index in [4.69, 9.17) is 11.6 Å². The Labute approximate surface area is 123 Å². The highest BCUT2D eigenvalue weighted by Gasteiger charge is 2.24. The maximum atomic E-state index is 12.7. The number of hydrogen-bond acceptors (Lipinski definition) is 3. The summed E-state index contributed by atoms with van der Waals surface area (Å²) in [7, 11) is 0. The topological polar surface area (TPSA) is 33.2 Å². The first-order valence-corrected chi connectivity index (χ1v) is 7.00. The molecule has 0 aliphatic carbocycles. The molecular weight excluding hydrogens is 306 g/mol.